The number of aromatic nitrogens is 1. The van der Waals surface area contributed by atoms with E-state index in [2.05, 4.69) is 15.6 Å². The first-order chi connectivity index (χ1) is 21.6. The fourth-order valence-electron chi connectivity index (χ4n) is 5.91. The molecule has 1 aliphatic carbocycles. The Morgan fingerprint density at radius 3 is 2.40 bits per heavy atom. The molecule has 0 spiro atoms. The van der Waals surface area contributed by atoms with E-state index in [1.54, 1.807) is 17.0 Å². The molecule has 14 heteroatoms. The van der Waals surface area contributed by atoms with Gasteiger partial charge in [0.2, 0.25) is 11.8 Å². The highest BCUT2D eigenvalue weighted by atomic mass is 16.5. The Bertz CT molecular complexity index is 1460. The maximum absolute atomic E-state index is 13.4. The van der Waals surface area contributed by atoms with Gasteiger partial charge in [-0.2, -0.15) is 0 Å². The number of carbonyl (C=O) groups excluding carboxylic acids is 4. The van der Waals surface area contributed by atoms with Crippen LogP contribution in [0.2, 0.25) is 0 Å². The van der Waals surface area contributed by atoms with Gasteiger partial charge in [-0.05, 0) is 63.1 Å². The number of rotatable bonds is 10. The summed E-state index contributed by atoms with van der Waals surface area (Å²) in [7, 11) is 0. The number of amides is 5. The van der Waals surface area contributed by atoms with Crippen LogP contribution in [0.25, 0.3) is 10.9 Å². The van der Waals surface area contributed by atoms with E-state index < -0.39 is 30.0 Å². The molecule has 2 aromatic rings. The highest BCUT2D eigenvalue weighted by molar-refractivity contribution is 5.99. The van der Waals surface area contributed by atoms with E-state index in [4.69, 9.17) is 4.74 Å². The standard InChI is InChI=1S/C31H40N6O8/c1-19-7-8-21-23(16-19)33-24(28(40)34-22(9-15-38)30(42)35-11-13-36(14-12-35)31(43)44)17-26(21)45-18-27(39)37-10-3-6-25(37)29(41)32-20-4-2-5-20/h7-8,16-17,20,22,25,38H,2-6,9-15,18H2,1H3,(H,32,41)(H,34,40)(H,43,44)/t22-,25-/m0/s1. The normalized spacial score (nSPS) is 19.2. The largest absolute Gasteiger partial charge is 0.483 e. The highest BCUT2D eigenvalue weighted by Crippen LogP contribution is 2.28. The predicted octanol–water partition coefficient (Wildman–Crippen LogP) is 0.885. The predicted molar refractivity (Wildman–Crippen MR) is 162 cm³/mol. The van der Waals surface area contributed by atoms with Gasteiger partial charge in [-0.15, -0.1) is 0 Å². The van der Waals surface area contributed by atoms with E-state index in [0.29, 0.717) is 23.9 Å². The molecule has 0 bridgehead atoms. The van der Waals surface area contributed by atoms with Gasteiger partial charge in [0.15, 0.2) is 6.61 Å². The number of benzene rings is 1. The quantitative estimate of drug-likeness (QED) is 0.298. The van der Waals surface area contributed by atoms with Crippen molar-refractivity contribution < 1.29 is 38.9 Å². The second kappa shape index (κ2) is 14.1. The highest BCUT2D eigenvalue weighted by Gasteiger charge is 2.36. The Morgan fingerprint density at radius 1 is 1.00 bits per heavy atom. The van der Waals surface area contributed by atoms with Gasteiger partial charge in [0.05, 0.1) is 5.52 Å². The van der Waals surface area contributed by atoms with Gasteiger partial charge >= 0.3 is 6.09 Å². The van der Waals surface area contributed by atoms with Crippen LogP contribution in [0, 0.1) is 6.92 Å². The van der Waals surface area contributed by atoms with Gasteiger partial charge in [-0.3, -0.25) is 19.2 Å². The summed E-state index contributed by atoms with van der Waals surface area (Å²) in [6, 6.07) is 5.43. The number of nitrogens with zero attached hydrogens (tertiary/aromatic N) is 4. The average molecular weight is 625 g/mol. The average Bonchev–Trinajstić information content (AvgIpc) is 3.51. The number of nitrogens with one attached hydrogen (secondary N) is 2. The number of pyridine rings is 1. The second-order valence-electron chi connectivity index (χ2n) is 11.8. The molecule has 0 unspecified atom stereocenters. The van der Waals surface area contributed by atoms with E-state index in [1.807, 2.05) is 13.0 Å². The zero-order valence-corrected chi connectivity index (χ0v) is 25.4. The first-order valence-electron chi connectivity index (χ1n) is 15.5. The number of hydrogen-bond donors (Lipinski definition) is 4. The fourth-order valence-corrected chi connectivity index (χ4v) is 5.91. The molecule has 2 saturated heterocycles. The maximum atomic E-state index is 13.4. The first-order valence-corrected chi connectivity index (χ1v) is 15.5. The van der Waals surface area contributed by atoms with Crippen molar-refractivity contribution in [3.05, 3.63) is 35.5 Å². The van der Waals surface area contributed by atoms with Crippen molar-refractivity contribution in [2.24, 2.45) is 0 Å². The molecule has 4 N–H and O–H groups in total. The molecule has 1 aromatic heterocycles. The van der Waals surface area contributed by atoms with Crippen molar-refractivity contribution in [2.45, 2.75) is 63.6 Å². The summed E-state index contributed by atoms with van der Waals surface area (Å²) >= 11 is 0. The lowest BCUT2D eigenvalue weighted by atomic mass is 9.93. The van der Waals surface area contributed by atoms with Crippen molar-refractivity contribution in [1.29, 1.82) is 0 Å². The van der Waals surface area contributed by atoms with Crippen molar-refractivity contribution in [1.82, 2.24) is 30.3 Å². The lowest BCUT2D eigenvalue weighted by Gasteiger charge is -2.35. The molecule has 2 aliphatic heterocycles. The van der Waals surface area contributed by atoms with E-state index in [9.17, 15) is 34.2 Å². The number of aliphatic hydroxyl groups excluding tert-OH is 1. The molecule has 2 atom stereocenters. The van der Waals surface area contributed by atoms with Gasteiger partial charge in [0, 0.05) is 56.8 Å². The molecule has 1 saturated carbocycles. The monoisotopic (exact) mass is 624 g/mol. The van der Waals surface area contributed by atoms with E-state index >= 15 is 0 Å². The Hall–Kier alpha value is -4.46. The Labute approximate surface area is 260 Å². The molecule has 1 aromatic carbocycles. The Morgan fingerprint density at radius 2 is 1.73 bits per heavy atom. The molecular formula is C31H40N6O8. The fraction of sp³-hybridized carbons (Fsp3) is 0.548. The minimum atomic E-state index is -1.06. The number of fused-ring (bicyclic) bond motifs is 1. The number of piperazine rings is 1. The van der Waals surface area contributed by atoms with Crippen molar-refractivity contribution >= 4 is 40.6 Å². The van der Waals surface area contributed by atoms with E-state index in [-0.39, 0.29) is 75.1 Å². The van der Waals surface area contributed by atoms with Crippen molar-refractivity contribution in [3.8, 4) is 5.75 Å². The second-order valence-corrected chi connectivity index (χ2v) is 11.8. The zero-order chi connectivity index (χ0) is 32.1. The third-order valence-corrected chi connectivity index (χ3v) is 8.72. The molecule has 0 radical (unpaired) electrons. The number of aryl methyl sites for hydroxylation is 1. The minimum Gasteiger partial charge on any atom is -0.483 e. The molecule has 3 aliphatic rings. The van der Waals surface area contributed by atoms with Crippen molar-refractivity contribution in [3.63, 3.8) is 0 Å². The van der Waals surface area contributed by atoms with Crippen molar-refractivity contribution in [2.75, 3.05) is 45.9 Å². The van der Waals surface area contributed by atoms with Crippen LogP contribution in [0.15, 0.2) is 24.3 Å². The van der Waals surface area contributed by atoms with Crippen LogP contribution in [0.5, 0.6) is 5.75 Å². The van der Waals surface area contributed by atoms with Gasteiger partial charge in [0.25, 0.3) is 11.8 Å². The van der Waals surface area contributed by atoms with Crippen LogP contribution >= 0.6 is 0 Å². The van der Waals surface area contributed by atoms with Crippen LogP contribution in [0.1, 0.15) is 54.6 Å². The van der Waals surface area contributed by atoms with Crippen LogP contribution in [-0.2, 0) is 14.4 Å². The number of carbonyl (C=O) groups is 5. The summed E-state index contributed by atoms with van der Waals surface area (Å²) in [6.07, 6.45) is 3.22. The molecular weight excluding hydrogens is 584 g/mol. The van der Waals surface area contributed by atoms with Crippen LogP contribution in [0.3, 0.4) is 0 Å². The van der Waals surface area contributed by atoms with Crippen LogP contribution in [0.4, 0.5) is 4.79 Å². The molecule has 14 nitrogen and oxygen atoms in total. The number of carboxylic acid groups (broad SMARTS) is 1. The van der Waals surface area contributed by atoms with Gasteiger partial charge in [0.1, 0.15) is 23.5 Å². The maximum Gasteiger partial charge on any atom is 0.407 e. The topological polar surface area (TPSA) is 182 Å². The van der Waals surface area contributed by atoms with E-state index in [1.165, 1.54) is 15.9 Å². The van der Waals surface area contributed by atoms with Crippen LogP contribution < -0.4 is 15.4 Å². The SMILES string of the molecule is Cc1ccc2c(OCC(=O)N3CCC[C@H]3C(=O)NC3CCC3)cc(C(=O)N[C@@H](CCO)C(=O)N3CCN(C(=O)O)CC3)nc2c1. The molecule has 3 fully saturated rings. The first kappa shape index (κ1) is 31.9. The third kappa shape index (κ3) is 7.44. The summed E-state index contributed by atoms with van der Waals surface area (Å²) in [5.41, 5.74) is 1.31. The van der Waals surface area contributed by atoms with E-state index in [0.717, 1.165) is 31.2 Å². The summed E-state index contributed by atoms with van der Waals surface area (Å²) in [5.74, 6) is -1.31. The number of aliphatic hydroxyl groups is 1. The molecule has 5 amide bonds. The molecule has 45 heavy (non-hydrogen) atoms. The zero-order valence-electron chi connectivity index (χ0n) is 25.4. The number of likely N-dealkylation sites (tertiary alicyclic amines) is 1. The van der Waals surface area contributed by atoms with Gasteiger partial charge in [-0.1, -0.05) is 6.07 Å². The van der Waals surface area contributed by atoms with Gasteiger partial charge in [-0.25, -0.2) is 9.78 Å². The number of hydrogen-bond acceptors (Lipinski definition) is 8. The molecule has 242 valence electrons. The number of ether oxygens (including phenoxy) is 1. The molecule has 3 heterocycles. The Kier molecular flexibility index (Phi) is 10.0. The summed E-state index contributed by atoms with van der Waals surface area (Å²) in [5, 5.41) is 25.1. The van der Waals surface area contributed by atoms with Gasteiger partial charge < -0.3 is 40.3 Å². The summed E-state index contributed by atoms with van der Waals surface area (Å²) in [4.78, 5) is 72.7. The summed E-state index contributed by atoms with van der Waals surface area (Å²) < 4.78 is 5.98. The smallest absolute Gasteiger partial charge is 0.407 e. The minimum absolute atomic E-state index is 0.0408. The van der Waals surface area contributed by atoms with Crippen LogP contribution in [-0.4, -0.2) is 124 Å². The molecule has 5 rings (SSSR count). The summed E-state index contributed by atoms with van der Waals surface area (Å²) in [6.45, 7) is 2.27. The Balaban J connectivity index is 1.29. The lowest BCUT2D eigenvalue weighted by molar-refractivity contribution is -0.140. The lowest BCUT2D eigenvalue weighted by Crippen LogP contribution is -2.56. The third-order valence-electron chi connectivity index (χ3n) is 8.72.